The van der Waals surface area contributed by atoms with Gasteiger partial charge >= 0.3 is 18.4 Å². The van der Waals surface area contributed by atoms with Crippen LogP contribution in [-0.4, -0.2) is 71.9 Å². The number of likely N-dealkylation sites (N-methyl/N-ethyl adjacent to an activating group) is 1. The summed E-state index contributed by atoms with van der Waals surface area (Å²) in [6.07, 6.45) is -5.49. The Morgan fingerprint density at radius 3 is 2.52 bits per heavy atom. The zero-order valence-corrected chi connectivity index (χ0v) is 16.4. The number of benzene rings is 1. The van der Waals surface area contributed by atoms with E-state index in [0.29, 0.717) is 6.42 Å². The lowest BCUT2D eigenvalue weighted by Gasteiger charge is -2.40. The van der Waals surface area contributed by atoms with Crippen LogP contribution in [0.15, 0.2) is 30.5 Å². The van der Waals surface area contributed by atoms with E-state index in [0.717, 1.165) is 27.6 Å². The van der Waals surface area contributed by atoms with E-state index in [-0.39, 0.29) is 17.5 Å². The maximum absolute atomic E-state index is 12.7. The Labute approximate surface area is 173 Å². The molecular formula is C20H20F6N4O. The van der Waals surface area contributed by atoms with Gasteiger partial charge in [-0.3, -0.25) is 4.90 Å². The average molecular weight is 446 g/mol. The number of aromatic amines is 1. The second-order valence-corrected chi connectivity index (χ2v) is 7.97. The highest BCUT2D eigenvalue weighted by Gasteiger charge is 2.41. The number of aromatic nitrogens is 1. The molecule has 0 radical (unpaired) electrons. The molecule has 1 aromatic carbocycles. The summed E-state index contributed by atoms with van der Waals surface area (Å²) in [6.45, 7) is -3.69. The van der Waals surface area contributed by atoms with E-state index in [1.54, 1.807) is 6.08 Å². The number of hydrogen-bond acceptors (Lipinski definition) is 2. The molecular weight excluding hydrogens is 426 g/mol. The van der Waals surface area contributed by atoms with Crippen LogP contribution in [0.4, 0.5) is 31.1 Å². The predicted octanol–water partition coefficient (Wildman–Crippen LogP) is 3.93. The molecule has 4 rings (SSSR count). The molecule has 1 aliphatic heterocycles. The number of H-pyrrole nitrogens is 1. The fourth-order valence-electron chi connectivity index (χ4n) is 4.43. The first-order valence-electron chi connectivity index (χ1n) is 9.61. The van der Waals surface area contributed by atoms with Gasteiger partial charge in [0.05, 0.1) is 6.04 Å². The molecule has 0 saturated carbocycles. The standard InChI is InChI=1S/C20H20F6N4O/c1-29-8-12(28-18(31)30(9-19(21,22)23)10-20(24,25)26)6-14-13-3-2-4-15-17(13)11(7-27-15)5-16(14)29/h2-4,6-7,12,16,27H,5,8-10H2,1H3,(H,28,31)/t12-,16+/m0/s1. The number of amides is 2. The number of carbonyl (C=O) groups excluding carboxylic acids is 1. The first kappa shape index (κ1) is 21.5. The van der Waals surface area contributed by atoms with Crippen molar-refractivity contribution in [2.45, 2.75) is 30.9 Å². The number of carbonyl (C=O) groups is 1. The van der Waals surface area contributed by atoms with Crippen molar-refractivity contribution < 1.29 is 31.1 Å². The van der Waals surface area contributed by atoms with Crippen LogP contribution < -0.4 is 5.32 Å². The Morgan fingerprint density at radius 2 is 1.87 bits per heavy atom. The van der Waals surface area contributed by atoms with E-state index in [1.165, 1.54) is 0 Å². The van der Waals surface area contributed by atoms with E-state index >= 15 is 0 Å². The van der Waals surface area contributed by atoms with Gasteiger partial charge in [-0.15, -0.1) is 0 Å². The fraction of sp³-hybridized carbons (Fsp3) is 0.450. The molecule has 2 heterocycles. The van der Waals surface area contributed by atoms with Crippen molar-refractivity contribution in [3.05, 3.63) is 41.6 Å². The Kier molecular flexibility index (Phi) is 5.19. The van der Waals surface area contributed by atoms with Crippen LogP contribution in [0.1, 0.15) is 11.1 Å². The van der Waals surface area contributed by atoms with Crippen molar-refractivity contribution in [1.29, 1.82) is 0 Å². The van der Waals surface area contributed by atoms with Crippen LogP contribution in [0.5, 0.6) is 0 Å². The van der Waals surface area contributed by atoms with Crippen molar-refractivity contribution in [2.75, 3.05) is 26.7 Å². The highest BCUT2D eigenvalue weighted by Crippen LogP contribution is 2.39. The van der Waals surface area contributed by atoms with Gasteiger partial charge in [0, 0.05) is 29.7 Å². The SMILES string of the molecule is CN1C[C@@H](NC(=O)N(CC(F)(F)F)CC(F)(F)F)C=C2c3cccc4[nH]cc(c34)C[C@H]21. The Balaban J connectivity index is 1.60. The molecule has 0 bridgehead atoms. The highest BCUT2D eigenvalue weighted by molar-refractivity contribution is 5.98. The molecule has 0 unspecified atom stereocenters. The zero-order valence-electron chi connectivity index (χ0n) is 16.4. The Hall–Kier alpha value is -2.69. The quantitative estimate of drug-likeness (QED) is 0.703. The maximum atomic E-state index is 12.7. The van der Waals surface area contributed by atoms with Crippen LogP contribution in [0.2, 0.25) is 0 Å². The third kappa shape index (κ3) is 4.51. The van der Waals surface area contributed by atoms with Gasteiger partial charge in [-0.25, -0.2) is 4.79 Å². The predicted molar refractivity (Wildman–Crippen MR) is 102 cm³/mol. The number of urea groups is 1. The first-order chi connectivity index (χ1) is 14.4. The summed E-state index contributed by atoms with van der Waals surface area (Å²) in [6, 6.07) is 3.60. The molecule has 0 fully saturated rings. The van der Waals surface area contributed by atoms with E-state index in [2.05, 4.69) is 10.3 Å². The largest absolute Gasteiger partial charge is 0.406 e. The molecule has 5 nitrogen and oxygen atoms in total. The fourth-order valence-corrected chi connectivity index (χ4v) is 4.43. The molecule has 31 heavy (non-hydrogen) atoms. The average Bonchev–Trinajstić information content (AvgIpc) is 3.04. The summed E-state index contributed by atoms with van der Waals surface area (Å²) in [4.78, 5) is 17.3. The summed E-state index contributed by atoms with van der Waals surface area (Å²) >= 11 is 0. The molecule has 0 spiro atoms. The number of nitrogens with one attached hydrogen (secondary N) is 2. The number of rotatable bonds is 3. The van der Waals surface area contributed by atoms with Crippen LogP contribution >= 0.6 is 0 Å². The number of alkyl halides is 6. The smallest absolute Gasteiger partial charge is 0.361 e. The molecule has 2 N–H and O–H groups in total. The van der Waals surface area contributed by atoms with Crippen LogP contribution in [0.3, 0.4) is 0 Å². The third-order valence-corrected chi connectivity index (χ3v) is 5.60. The molecule has 2 amide bonds. The van der Waals surface area contributed by atoms with Gasteiger partial charge in [0.1, 0.15) is 13.1 Å². The van der Waals surface area contributed by atoms with Crippen molar-refractivity contribution >= 4 is 22.5 Å². The van der Waals surface area contributed by atoms with Gasteiger partial charge in [-0.2, -0.15) is 26.3 Å². The van der Waals surface area contributed by atoms with Crippen molar-refractivity contribution in [1.82, 2.24) is 20.1 Å². The van der Waals surface area contributed by atoms with Crippen molar-refractivity contribution in [2.24, 2.45) is 0 Å². The van der Waals surface area contributed by atoms with Crippen LogP contribution in [-0.2, 0) is 6.42 Å². The number of fused-ring (bicyclic) bond motifs is 2. The maximum Gasteiger partial charge on any atom is 0.406 e. The molecule has 168 valence electrons. The molecule has 2 atom stereocenters. The molecule has 0 saturated heterocycles. The van der Waals surface area contributed by atoms with Gasteiger partial charge in [-0.1, -0.05) is 18.2 Å². The van der Waals surface area contributed by atoms with E-state index in [1.807, 2.05) is 36.3 Å². The monoisotopic (exact) mass is 446 g/mol. The Morgan fingerprint density at radius 1 is 1.19 bits per heavy atom. The lowest BCUT2D eigenvalue weighted by molar-refractivity contribution is -0.171. The third-order valence-electron chi connectivity index (χ3n) is 5.60. The topological polar surface area (TPSA) is 51.4 Å². The lowest BCUT2D eigenvalue weighted by Crippen LogP contribution is -2.55. The lowest BCUT2D eigenvalue weighted by atomic mass is 9.81. The summed E-state index contributed by atoms with van der Waals surface area (Å²) in [5.41, 5.74) is 3.93. The summed E-state index contributed by atoms with van der Waals surface area (Å²) in [5.74, 6) is 0. The van der Waals surface area contributed by atoms with Gasteiger partial charge in [0.2, 0.25) is 0 Å². The summed E-state index contributed by atoms with van der Waals surface area (Å²) in [5, 5.41) is 3.38. The summed E-state index contributed by atoms with van der Waals surface area (Å²) < 4.78 is 76.4. The number of nitrogens with zero attached hydrogens (tertiary/aromatic N) is 2. The second-order valence-electron chi connectivity index (χ2n) is 7.97. The summed E-state index contributed by atoms with van der Waals surface area (Å²) in [7, 11) is 1.82. The van der Waals surface area contributed by atoms with Crippen LogP contribution in [0.25, 0.3) is 16.5 Å². The molecule has 11 heteroatoms. The Bertz CT molecular complexity index is 1010. The molecule has 2 aromatic rings. The van der Waals surface area contributed by atoms with Gasteiger partial charge in [0.25, 0.3) is 0 Å². The normalized spacial score (nSPS) is 21.6. The highest BCUT2D eigenvalue weighted by atomic mass is 19.4. The zero-order chi connectivity index (χ0) is 22.6. The minimum atomic E-state index is -4.95. The van der Waals surface area contributed by atoms with Gasteiger partial charge < -0.3 is 15.2 Å². The number of halogens is 6. The van der Waals surface area contributed by atoms with Crippen LogP contribution in [0, 0.1) is 0 Å². The number of hydrogen-bond donors (Lipinski definition) is 2. The second kappa shape index (κ2) is 7.47. The van der Waals surface area contributed by atoms with E-state index < -0.39 is 37.5 Å². The van der Waals surface area contributed by atoms with E-state index in [4.69, 9.17) is 0 Å². The van der Waals surface area contributed by atoms with Gasteiger partial charge in [-0.05, 0) is 36.2 Å². The minimum absolute atomic E-state index is 0.00325. The first-order valence-corrected chi connectivity index (χ1v) is 9.61. The van der Waals surface area contributed by atoms with Crippen molar-refractivity contribution in [3.8, 4) is 0 Å². The van der Waals surface area contributed by atoms with Gasteiger partial charge in [0.15, 0.2) is 0 Å². The molecule has 1 aromatic heterocycles. The van der Waals surface area contributed by atoms with E-state index in [9.17, 15) is 31.1 Å². The molecule has 2 aliphatic rings. The van der Waals surface area contributed by atoms with Crippen molar-refractivity contribution in [3.63, 3.8) is 0 Å². The minimum Gasteiger partial charge on any atom is -0.361 e. The molecule has 1 aliphatic carbocycles.